The van der Waals surface area contributed by atoms with Gasteiger partial charge in [-0.1, -0.05) is 12.1 Å². The van der Waals surface area contributed by atoms with Gasteiger partial charge in [0, 0.05) is 6.07 Å². The second kappa shape index (κ2) is 6.65. The highest BCUT2D eigenvalue weighted by molar-refractivity contribution is 5.91. The monoisotopic (exact) mass is 288 g/mol. The zero-order chi connectivity index (χ0) is 15.2. The number of rotatable bonds is 6. The van der Waals surface area contributed by atoms with Crippen LogP contribution in [0, 0.1) is 0 Å². The molecule has 0 atom stereocenters. The van der Waals surface area contributed by atoms with E-state index in [0.717, 1.165) is 0 Å². The van der Waals surface area contributed by atoms with Gasteiger partial charge < -0.3 is 19.3 Å². The van der Waals surface area contributed by atoms with Crippen molar-refractivity contribution in [3.8, 4) is 23.0 Å². The Kier molecular flexibility index (Phi) is 4.66. The average Bonchev–Trinajstić information content (AvgIpc) is 2.49. The maximum Gasteiger partial charge on any atom is 0.339 e. The first kappa shape index (κ1) is 14.7. The van der Waals surface area contributed by atoms with Gasteiger partial charge >= 0.3 is 5.97 Å². The van der Waals surface area contributed by atoms with E-state index in [0.29, 0.717) is 23.9 Å². The van der Waals surface area contributed by atoms with Crippen LogP contribution in [0.25, 0.3) is 0 Å². The van der Waals surface area contributed by atoms with E-state index in [1.54, 1.807) is 24.3 Å². The fraction of sp³-hybridized carbons (Fsp3) is 0.188. The van der Waals surface area contributed by atoms with Gasteiger partial charge in [-0.05, 0) is 31.2 Å². The molecule has 0 spiro atoms. The Labute approximate surface area is 122 Å². The summed E-state index contributed by atoms with van der Waals surface area (Å²) in [6, 6.07) is 11.6. The smallest absolute Gasteiger partial charge is 0.339 e. The molecule has 5 nitrogen and oxygen atoms in total. The predicted molar refractivity (Wildman–Crippen MR) is 77.6 cm³/mol. The largest absolute Gasteiger partial charge is 0.497 e. The van der Waals surface area contributed by atoms with E-state index in [1.165, 1.54) is 19.2 Å². The number of carbonyl (C=O) groups is 1. The number of carboxylic acids is 1. The number of benzene rings is 2. The molecule has 0 heterocycles. The summed E-state index contributed by atoms with van der Waals surface area (Å²) in [5, 5.41) is 9.23. The Morgan fingerprint density at radius 1 is 1.10 bits per heavy atom. The second-order valence-electron chi connectivity index (χ2n) is 4.15. The molecule has 0 saturated heterocycles. The minimum atomic E-state index is -1.07. The van der Waals surface area contributed by atoms with Crippen LogP contribution in [0.15, 0.2) is 42.5 Å². The summed E-state index contributed by atoms with van der Waals surface area (Å²) in [5.74, 6) is 0.661. The molecule has 110 valence electrons. The van der Waals surface area contributed by atoms with Gasteiger partial charge in [-0.2, -0.15) is 0 Å². The zero-order valence-electron chi connectivity index (χ0n) is 11.8. The van der Waals surface area contributed by atoms with E-state index in [9.17, 15) is 9.90 Å². The van der Waals surface area contributed by atoms with Crippen molar-refractivity contribution in [2.24, 2.45) is 0 Å². The topological polar surface area (TPSA) is 65.0 Å². The summed E-state index contributed by atoms with van der Waals surface area (Å²) in [6.45, 7) is 2.36. The lowest BCUT2D eigenvalue weighted by molar-refractivity contribution is 0.0694. The maximum atomic E-state index is 11.3. The Bertz CT molecular complexity index is 636. The minimum absolute atomic E-state index is 0.0575. The Morgan fingerprint density at radius 2 is 1.81 bits per heavy atom. The molecule has 1 N–H and O–H groups in total. The van der Waals surface area contributed by atoms with Gasteiger partial charge in [0.2, 0.25) is 0 Å². The molecule has 2 aromatic rings. The number of methoxy groups -OCH3 is 1. The summed E-state index contributed by atoms with van der Waals surface area (Å²) < 4.78 is 16.3. The summed E-state index contributed by atoms with van der Waals surface area (Å²) >= 11 is 0. The molecule has 0 fully saturated rings. The van der Waals surface area contributed by atoms with Gasteiger partial charge in [-0.15, -0.1) is 0 Å². The van der Waals surface area contributed by atoms with Crippen LogP contribution in [0.5, 0.6) is 23.0 Å². The lowest BCUT2D eigenvalue weighted by Crippen LogP contribution is -2.01. The van der Waals surface area contributed by atoms with Gasteiger partial charge in [-0.3, -0.25) is 0 Å². The molecule has 0 aliphatic carbocycles. The quantitative estimate of drug-likeness (QED) is 0.880. The number of hydrogen-bond acceptors (Lipinski definition) is 4. The summed E-state index contributed by atoms with van der Waals surface area (Å²) in [7, 11) is 1.51. The molecule has 5 heteroatoms. The minimum Gasteiger partial charge on any atom is -0.497 e. The summed E-state index contributed by atoms with van der Waals surface area (Å²) in [4.78, 5) is 11.3. The number of carboxylic acid groups (broad SMARTS) is 1. The molecular weight excluding hydrogens is 272 g/mol. The zero-order valence-corrected chi connectivity index (χ0v) is 11.8. The second-order valence-corrected chi connectivity index (χ2v) is 4.15. The molecule has 0 radical (unpaired) electrons. The highest BCUT2D eigenvalue weighted by Gasteiger charge is 2.15. The molecule has 2 rings (SSSR count). The molecule has 21 heavy (non-hydrogen) atoms. The third-order valence-electron chi connectivity index (χ3n) is 2.79. The molecule has 0 aliphatic heterocycles. The van der Waals surface area contributed by atoms with Crippen LogP contribution < -0.4 is 14.2 Å². The first-order valence-corrected chi connectivity index (χ1v) is 6.46. The Balaban J connectivity index is 2.40. The molecule has 0 amide bonds. The molecule has 0 unspecified atom stereocenters. The fourth-order valence-corrected chi connectivity index (χ4v) is 1.82. The fourth-order valence-electron chi connectivity index (χ4n) is 1.82. The first-order chi connectivity index (χ1) is 10.2. The van der Waals surface area contributed by atoms with Crippen molar-refractivity contribution >= 4 is 5.97 Å². The first-order valence-electron chi connectivity index (χ1n) is 6.46. The maximum absolute atomic E-state index is 11.3. The third-order valence-corrected chi connectivity index (χ3v) is 2.79. The van der Waals surface area contributed by atoms with E-state index in [1.807, 2.05) is 13.0 Å². The summed E-state index contributed by atoms with van der Waals surface area (Å²) in [5.41, 5.74) is 0.0575. The van der Waals surface area contributed by atoms with Crippen LogP contribution in [-0.2, 0) is 0 Å². The van der Waals surface area contributed by atoms with Crippen LogP contribution in [0.3, 0.4) is 0 Å². The number of para-hydroxylation sites is 2. The molecular formula is C16H16O5. The predicted octanol–water partition coefficient (Wildman–Crippen LogP) is 3.58. The van der Waals surface area contributed by atoms with Crippen molar-refractivity contribution < 1.29 is 24.1 Å². The van der Waals surface area contributed by atoms with Crippen LogP contribution in [-0.4, -0.2) is 24.8 Å². The van der Waals surface area contributed by atoms with E-state index < -0.39 is 5.97 Å². The van der Waals surface area contributed by atoms with Crippen molar-refractivity contribution in [3.05, 3.63) is 48.0 Å². The molecule has 0 bridgehead atoms. The van der Waals surface area contributed by atoms with Gasteiger partial charge in [0.15, 0.2) is 11.5 Å². The lowest BCUT2D eigenvalue weighted by atomic mass is 10.2. The molecule has 2 aromatic carbocycles. The van der Waals surface area contributed by atoms with Crippen molar-refractivity contribution in [2.75, 3.05) is 13.7 Å². The SMILES string of the molecule is CCOc1ccccc1Oc1cc(OC)ccc1C(=O)O. The van der Waals surface area contributed by atoms with Crippen molar-refractivity contribution in [1.82, 2.24) is 0 Å². The van der Waals surface area contributed by atoms with E-state index in [-0.39, 0.29) is 11.3 Å². The number of ether oxygens (including phenoxy) is 3. The van der Waals surface area contributed by atoms with E-state index in [2.05, 4.69) is 0 Å². The Morgan fingerprint density at radius 3 is 2.43 bits per heavy atom. The van der Waals surface area contributed by atoms with Crippen LogP contribution in [0.1, 0.15) is 17.3 Å². The molecule has 0 aromatic heterocycles. The highest BCUT2D eigenvalue weighted by Crippen LogP contribution is 2.34. The van der Waals surface area contributed by atoms with E-state index >= 15 is 0 Å². The van der Waals surface area contributed by atoms with Crippen molar-refractivity contribution in [3.63, 3.8) is 0 Å². The number of aromatic carboxylic acids is 1. The average molecular weight is 288 g/mol. The van der Waals surface area contributed by atoms with Crippen LogP contribution >= 0.6 is 0 Å². The van der Waals surface area contributed by atoms with Crippen molar-refractivity contribution in [2.45, 2.75) is 6.92 Å². The highest BCUT2D eigenvalue weighted by atomic mass is 16.5. The van der Waals surface area contributed by atoms with Gasteiger partial charge in [0.1, 0.15) is 17.1 Å². The third kappa shape index (κ3) is 3.45. The summed E-state index contributed by atoms with van der Waals surface area (Å²) in [6.07, 6.45) is 0. The molecule has 0 saturated carbocycles. The van der Waals surface area contributed by atoms with Crippen molar-refractivity contribution in [1.29, 1.82) is 0 Å². The van der Waals surface area contributed by atoms with Gasteiger partial charge in [-0.25, -0.2) is 4.79 Å². The van der Waals surface area contributed by atoms with E-state index in [4.69, 9.17) is 14.2 Å². The lowest BCUT2D eigenvalue weighted by Gasteiger charge is -2.13. The Hall–Kier alpha value is -2.69. The van der Waals surface area contributed by atoms with Crippen LogP contribution in [0.2, 0.25) is 0 Å². The number of hydrogen-bond donors (Lipinski definition) is 1. The van der Waals surface area contributed by atoms with Gasteiger partial charge in [0.05, 0.1) is 13.7 Å². The van der Waals surface area contributed by atoms with Crippen LogP contribution in [0.4, 0.5) is 0 Å². The normalized spacial score (nSPS) is 10.0. The van der Waals surface area contributed by atoms with Gasteiger partial charge in [0.25, 0.3) is 0 Å². The standard InChI is InChI=1S/C16H16O5/c1-3-20-13-6-4-5-7-14(13)21-15-10-11(19-2)8-9-12(15)16(17)18/h4-10H,3H2,1-2H3,(H,17,18). The molecule has 0 aliphatic rings.